The molecule has 3 N–H and O–H groups in total. The van der Waals surface area contributed by atoms with Crippen LogP contribution in [0.25, 0.3) is 0 Å². The molecule has 1 aromatic rings. The van der Waals surface area contributed by atoms with Gasteiger partial charge in [-0.25, -0.2) is 0 Å². The van der Waals surface area contributed by atoms with Gasteiger partial charge < -0.3 is 15.6 Å². The van der Waals surface area contributed by atoms with Crippen molar-refractivity contribution in [2.75, 3.05) is 13.7 Å². The van der Waals surface area contributed by atoms with Crippen molar-refractivity contribution < 1.29 is 14.6 Å². The normalized spacial score (nSPS) is 14.1. The van der Waals surface area contributed by atoms with Crippen LogP contribution in [-0.2, 0) is 10.2 Å². The van der Waals surface area contributed by atoms with E-state index in [-0.39, 0.29) is 0 Å². The zero-order chi connectivity index (χ0) is 12.9. The number of nitrogens with two attached hydrogens (primary N) is 1. The van der Waals surface area contributed by atoms with E-state index in [9.17, 15) is 9.90 Å². The Morgan fingerprint density at radius 2 is 2.24 bits per heavy atom. The van der Waals surface area contributed by atoms with Crippen molar-refractivity contribution in [3.05, 3.63) is 29.8 Å². The Labute approximate surface area is 101 Å². The second kappa shape index (κ2) is 5.68. The number of methoxy groups -OCH3 is 1. The molecule has 0 radical (unpaired) electrons. The summed E-state index contributed by atoms with van der Waals surface area (Å²) in [6.45, 7) is 2.21. The highest BCUT2D eigenvalue weighted by Crippen LogP contribution is 2.31. The number of rotatable bonds is 6. The fourth-order valence-corrected chi connectivity index (χ4v) is 1.80. The molecule has 1 atom stereocenters. The van der Waals surface area contributed by atoms with Gasteiger partial charge in [0.25, 0.3) is 0 Å². The van der Waals surface area contributed by atoms with Gasteiger partial charge in [-0.05, 0) is 44.0 Å². The molecule has 0 amide bonds. The summed E-state index contributed by atoms with van der Waals surface area (Å²) in [6, 6.07) is 7.18. The monoisotopic (exact) mass is 237 g/mol. The molecule has 17 heavy (non-hydrogen) atoms. The van der Waals surface area contributed by atoms with E-state index in [2.05, 4.69) is 0 Å². The van der Waals surface area contributed by atoms with Gasteiger partial charge in [-0.2, -0.15) is 0 Å². The number of carboxylic acid groups (broad SMARTS) is 1. The minimum atomic E-state index is -0.909. The summed E-state index contributed by atoms with van der Waals surface area (Å²) in [5.41, 5.74) is 5.29. The van der Waals surface area contributed by atoms with Crippen molar-refractivity contribution in [1.82, 2.24) is 0 Å². The Morgan fingerprint density at radius 1 is 1.53 bits per heavy atom. The first-order chi connectivity index (χ1) is 8.04. The number of hydrogen-bond acceptors (Lipinski definition) is 3. The van der Waals surface area contributed by atoms with Crippen molar-refractivity contribution >= 4 is 5.97 Å². The first-order valence-corrected chi connectivity index (χ1v) is 5.62. The molecule has 94 valence electrons. The van der Waals surface area contributed by atoms with Crippen LogP contribution in [0.1, 0.15) is 25.3 Å². The minimum absolute atomic E-state index is 0.493. The number of hydrogen-bond donors (Lipinski definition) is 2. The third-order valence-corrected chi connectivity index (χ3v) is 3.06. The van der Waals surface area contributed by atoms with Crippen LogP contribution >= 0.6 is 0 Å². The van der Waals surface area contributed by atoms with Crippen molar-refractivity contribution in [2.24, 2.45) is 5.73 Å². The Morgan fingerprint density at radius 3 is 2.76 bits per heavy atom. The van der Waals surface area contributed by atoms with E-state index in [1.54, 1.807) is 32.2 Å². The number of carbonyl (C=O) groups is 1. The highest BCUT2D eigenvalue weighted by atomic mass is 16.5. The molecule has 0 heterocycles. The van der Waals surface area contributed by atoms with Crippen LogP contribution in [0.5, 0.6) is 5.75 Å². The topological polar surface area (TPSA) is 72.5 Å². The van der Waals surface area contributed by atoms with E-state index in [1.165, 1.54) is 0 Å². The maximum absolute atomic E-state index is 11.4. The fourth-order valence-electron chi connectivity index (χ4n) is 1.80. The third kappa shape index (κ3) is 2.97. The van der Waals surface area contributed by atoms with Gasteiger partial charge in [-0.1, -0.05) is 12.1 Å². The largest absolute Gasteiger partial charge is 0.497 e. The fraction of sp³-hybridized carbons (Fsp3) is 0.462. The molecule has 0 fully saturated rings. The molecule has 1 aromatic carbocycles. The predicted molar refractivity (Wildman–Crippen MR) is 66.3 cm³/mol. The molecule has 0 bridgehead atoms. The predicted octanol–water partition coefficient (Wildman–Crippen LogP) is 1.78. The van der Waals surface area contributed by atoms with Gasteiger partial charge in [0.05, 0.1) is 12.5 Å². The van der Waals surface area contributed by atoms with E-state index < -0.39 is 11.4 Å². The number of aliphatic carboxylic acids is 1. The molecular formula is C13H19NO3. The molecule has 1 unspecified atom stereocenters. The molecule has 4 nitrogen and oxygen atoms in total. The second-order valence-electron chi connectivity index (χ2n) is 4.26. The molecule has 4 heteroatoms. The van der Waals surface area contributed by atoms with E-state index >= 15 is 0 Å². The quantitative estimate of drug-likeness (QED) is 0.791. The number of benzene rings is 1. The first kappa shape index (κ1) is 13.5. The molecule has 0 aliphatic carbocycles. The molecule has 0 aromatic heterocycles. The smallest absolute Gasteiger partial charge is 0.313 e. The van der Waals surface area contributed by atoms with Crippen molar-refractivity contribution in [3.8, 4) is 5.75 Å². The highest BCUT2D eigenvalue weighted by molar-refractivity contribution is 5.81. The zero-order valence-electron chi connectivity index (χ0n) is 10.3. The van der Waals surface area contributed by atoms with Gasteiger partial charge in [0, 0.05) is 0 Å². The summed E-state index contributed by atoms with van der Waals surface area (Å²) in [6.07, 6.45) is 1.20. The van der Waals surface area contributed by atoms with Gasteiger partial charge in [-0.15, -0.1) is 0 Å². The Hall–Kier alpha value is -1.55. The summed E-state index contributed by atoms with van der Waals surface area (Å²) in [7, 11) is 1.57. The van der Waals surface area contributed by atoms with Crippen LogP contribution in [0.2, 0.25) is 0 Å². The highest BCUT2D eigenvalue weighted by Gasteiger charge is 2.34. The average molecular weight is 237 g/mol. The molecule has 0 saturated carbocycles. The van der Waals surface area contributed by atoms with Gasteiger partial charge >= 0.3 is 5.97 Å². The summed E-state index contributed by atoms with van der Waals surface area (Å²) in [5.74, 6) is -0.165. The summed E-state index contributed by atoms with van der Waals surface area (Å²) in [5, 5.41) is 9.39. The molecule has 1 rings (SSSR count). The SMILES string of the molecule is COc1cccc(C(C)(CCCN)C(=O)O)c1. The van der Waals surface area contributed by atoms with Gasteiger partial charge in [0.15, 0.2) is 0 Å². The summed E-state index contributed by atoms with van der Waals surface area (Å²) in [4.78, 5) is 11.4. The van der Waals surface area contributed by atoms with Crippen molar-refractivity contribution in [1.29, 1.82) is 0 Å². The lowest BCUT2D eigenvalue weighted by molar-refractivity contribution is -0.143. The Kier molecular flexibility index (Phi) is 4.52. The van der Waals surface area contributed by atoms with Crippen LogP contribution in [0.15, 0.2) is 24.3 Å². The minimum Gasteiger partial charge on any atom is -0.497 e. The Balaban J connectivity index is 3.08. The number of carboxylic acids is 1. The van der Waals surface area contributed by atoms with Gasteiger partial charge in [0.2, 0.25) is 0 Å². The van der Waals surface area contributed by atoms with Crippen LogP contribution < -0.4 is 10.5 Å². The summed E-state index contributed by atoms with van der Waals surface area (Å²) >= 11 is 0. The first-order valence-electron chi connectivity index (χ1n) is 5.62. The van der Waals surface area contributed by atoms with E-state index in [0.717, 1.165) is 5.56 Å². The van der Waals surface area contributed by atoms with Crippen LogP contribution in [-0.4, -0.2) is 24.7 Å². The maximum atomic E-state index is 11.4. The lowest BCUT2D eigenvalue weighted by Gasteiger charge is -2.25. The molecule has 0 saturated heterocycles. The van der Waals surface area contributed by atoms with Crippen LogP contribution in [0.4, 0.5) is 0 Å². The molecule has 0 aliphatic rings. The lowest BCUT2D eigenvalue weighted by atomic mass is 9.78. The van der Waals surface area contributed by atoms with Gasteiger partial charge in [0.1, 0.15) is 5.75 Å². The van der Waals surface area contributed by atoms with Crippen LogP contribution in [0.3, 0.4) is 0 Å². The summed E-state index contributed by atoms with van der Waals surface area (Å²) < 4.78 is 5.12. The third-order valence-electron chi connectivity index (χ3n) is 3.06. The molecular weight excluding hydrogens is 218 g/mol. The maximum Gasteiger partial charge on any atom is 0.313 e. The zero-order valence-corrected chi connectivity index (χ0v) is 10.3. The van der Waals surface area contributed by atoms with Crippen molar-refractivity contribution in [2.45, 2.75) is 25.2 Å². The van der Waals surface area contributed by atoms with Crippen molar-refractivity contribution in [3.63, 3.8) is 0 Å². The molecule has 0 spiro atoms. The van der Waals surface area contributed by atoms with E-state index in [1.807, 2.05) is 6.07 Å². The Bertz CT molecular complexity index is 392. The number of ether oxygens (including phenoxy) is 1. The van der Waals surface area contributed by atoms with E-state index in [0.29, 0.717) is 25.1 Å². The van der Waals surface area contributed by atoms with Gasteiger partial charge in [-0.3, -0.25) is 4.79 Å². The molecule has 0 aliphatic heterocycles. The van der Waals surface area contributed by atoms with E-state index in [4.69, 9.17) is 10.5 Å². The standard InChI is InChI=1S/C13H19NO3/c1-13(12(15)16,7-4-8-14)10-5-3-6-11(9-10)17-2/h3,5-6,9H,4,7-8,14H2,1-2H3,(H,15,16). The lowest BCUT2D eigenvalue weighted by Crippen LogP contribution is -2.33. The average Bonchev–Trinajstić information content (AvgIpc) is 2.35. The van der Waals surface area contributed by atoms with Crippen LogP contribution in [0, 0.1) is 0 Å². The second-order valence-corrected chi connectivity index (χ2v) is 4.26.